The summed E-state index contributed by atoms with van der Waals surface area (Å²) >= 11 is 0. The van der Waals surface area contributed by atoms with Crippen LogP contribution in [0, 0.1) is 5.92 Å². The minimum absolute atomic E-state index is 0.480. The van der Waals surface area contributed by atoms with Gasteiger partial charge in [0, 0.05) is 13.0 Å². The molecule has 4 nitrogen and oxygen atoms in total. The molecule has 1 aromatic rings. The Bertz CT molecular complexity index is 293. The van der Waals surface area contributed by atoms with Gasteiger partial charge in [0.1, 0.15) is 11.6 Å². The van der Waals surface area contributed by atoms with Crippen molar-refractivity contribution < 1.29 is 0 Å². The first-order chi connectivity index (χ1) is 7.22. The van der Waals surface area contributed by atoms with E-state index in [0.29, 0.717) is 12.5 Å². The van der Waals surface area contributed by atoms with Gasteiger partial charge in [0.05, 0.1) is 6.54 Å². The Morgan fingerprint density at radius 3 is 2.47 bits per heavy atom. The molecule has 0 fully saturated rings. The number of aromatic nitrogens is 3. The molecule has 0 aromatic carbocycles. The van der Waals surface area contributed by atoms with Crippen LogP contribution in [0.1, 0.15) is 45.3 Å². The predicted octanol–water partition coefficient (Wildman–Crippen LogP) is 1.74. The molecule has 0 aliphatic carbocycles. The van der Waals surface area contributed by atoms with Crippen molar-refractivity contribution in [3.63, 3.8) is 0 Å². The van der Waals surface area contributed by atoms with Gasteiger partial charge in [0.15, 0.2) is 0 Å². The average Bonchev–Trinajstić information content (AvgIpc) is 2.61. The topological polar surface area (TPSA) is 56.7 Å². The number of nitrogens with two attached hydrogens (primary N) is 1. The van der Waals surface area contributed by atoms with Gasteiger partial charge in [-0.15, -0.1) is 10.2 Å². The normalized spacial score (nSPS) is 13.1. The average molecular weight is 210 g/mol. The fraction of sp³-hybridized carbons (Fsp3) is 0.818. The second kappa shape index (κ2) is 5.85. The van der Waals surface area contributed by atoms with E-state index < -0.39 is 0 Å². The van der Waals surface area contributed by atoms with Gasteiger partial charge >= 0.3 is 0 Å². The zero-order valence-electron chi connectivity index (χ0n) is 10.0. The van der Waals surface area contributed by atoms with E-state index >= 15 is 0 Å². The van der Waals surface area contributed by atoms with Gasteiger partial charge < -0.3 is 10.3 Å². The molecule has 0 saturated heterocycles. The van der Waals surface area contributed by atoms with Crippen LogP contribution in [0.25, 0.3) is 0 Å². The molecule has 0 amide bonds. The minimum atomic E-state index is 0.480. The van der Waals surface area contributed by atoms with E-state index in [1.54, 1.807) is 0 Å². The highest BCUT2D eigenvalue weighted by atomic mass is 15.3. The van der Waals surface area contributed by atoms with Gasteiger partial charge in [-0.25, -0.2) is 0 Å². The second-order valence-electron chi connectivity index (χ2n) is 4.11. The molecular formula is C11H22N4. The number of hydrogen-bond acceptors (Lipinski definition) is 3. The third-order valence-corrected chi connectivity index (χ3v) is 2.76. The summed E-state index contributed by atoms with van der Waals surface area (Å²) in [6.45, 7) is 8.06. The van der Waals surface area contributed by atoms with Crippen molar-refractivity contribution in [1.82, 2.24) is 14.8 Å². The van der Waals surface area contributed by atoms with Crippen molar-refractivity contribution in [1.29, 1.82) is 0 Å². The quantitative estimate of drug-likeness (QED) is 0.778. The fourth-order valence-corrected chi connectivity index (χ4v) is 1.61. The molecule has 86 valence electrons. The van der Waals surface area contributed by atoms with E-state index in [1.807, 2.05) is 0 Å². The van der Waals surface area contributed by atoms with Crippen molar-refractivity contribution in [2.24, 2.45) is 11.7 Å². The molecule has 0 aliphatic rings. The number of hydrogen-bond donors (Lipinski definition) is 1. The summed E-state index contributed by atoms with van der Waals surface area (Å²) in [4.78, 5) is 0. The first-order valence-corrected chi connectivity index (χ1v) is 5.83. The highest BCUT2D eigenvalue weighted by Gasteiger charge is 2.12. The monoisotopic (exact) mass is 210 g/mol. The van der Waals surface area contributed by atoms with Gasteiger partial charge in [-0.2, -0.15) is 0 Å². The maximum atomic E-state index is 5.63. The maximum Gasteiger partial charge on any atom is 0.146 e. The van der Waals surface area contributed by atoms with Crippen molar-refractivity contribution in [2.45, 2.75) is 53.1 Å². The van der Waals surface area contributed by atoms with Crippen LogP contribution in [0.4, 0.5) is 0 Å². The highest BCUT2D eigenvalue weighted by molar-refractivity contribution is 4.96. The number of rotatable bonds is 6. The van der Waals surface area contributed by atoms with E-state index in [4.69, 9.17) is 5.73 Å². The van der Waals surface area contributed by atoms with Crippen LogP contribution in [-0.2, 0) is 19.5 Å². The predicted molar refractivity (Wildman–Crippen MR) is 61.4 cm³/mol. The van der Waals surface area contributed by atoms with E-state index in [-0.39, 0.29) is 0 Å². The van der Waals surface area contributed by atoms with Crippen LogP contribution >= 0.6 is 0 Å². The summed E-state index contributed by atoms with van der Waals surface area (Å²) < 4.78 is 2.17. The van der Waals surface area contributed by atoms with E-state index in [2.05, 4.69) is 35.5 Å². The fourth-order valence-electron chi connectivity index (χ4n) is 1.61. The summed E-state index contributed by atoms with van der Waals surface area (Å²) in [5.74, 6) is 2.66. The lowest BCUT2D eigenvalue weighted by Crippen LogP contribution is -2.12. The molecule has 0 spiro atoms. The van der Waals surface area contributed by atoms with Crippen molar-refractivity contribution in [2.75, 3.05) is 0 Å². The lowest BCUT2D eigenvalue weighted by molar-refractivity contribution is 0.512. The lowest BCUT2D eigenvalue weighted by atomic mass is 10.1. The Hall–Kier alpha value is -0.900. The van der Waals surface area contributed by atoms with Gasteiger partial charge in [-0.3, -0.25) is 0 Å². The van der Waals surface area contributed by atoms with Gasteiger partial charge in [0.25, 0.3) is 0 Å². The van der Waals surface area contributed by atoms with Gasteiger partial charge in [-0.05, 0) is 12.3 Å². The highest BCUT2D eigenvalue weighted by Crippen LogP contribution is 2.11. The van der Waals surface area contributed by atoms with Crippen molar-refractivity contribution >= 4 is 0 Å². The molecule has 1 heterocycles. The summed E-state index contributed by atoms with van der Waals surface area (Å²) in [5, 5.41) is 8.36. The SMILES string of the molecule is CCCn1c(CN)nnc1CC(C)CC. The second-order valence-corrected chi connectivity index (χ2v) is 4.11. The van der Waals surface area contributed by atoms with E-state index in [9.17, 15) is 0 Å². The maximum absolute atomic E-state index is 5.63. The molecule has 0 bridgehead atoms. The van der Waals surface area contributed by atoms with Crippen LogP contribution in [0.3, 0.4) is 0 Å². The zero-order valence-corrected chi connectivity index (χ0v) is 10.0. The zero-order chi connectivity index (χ0) is 11.3. The lowest BCUT2D eigenvalue weighted by Gasteiger charge is -2.10. The Labute approximate surface area is 91.9 Å². The van der Waals surface area contributed by atoms with Crippen LogP contribution in [0.2, 0.25) is 0 Å². The molecule has 0 radical (unpaired) electrons. The third-order valence-electron chi connectivity index (χ3n) is 2.76. The summed E-state index contributed by atoms with van der Waals surface area (Å²) in [5.41, 5.74) is 5.63. The van der Waals surface area contributed by atoms with Crippen LogP contribution in [0.5, 0.6) is 0 Å². The molecule has 1 unspecified atom stereocenters. The Morgan fingerprint density at radius 2 is 1.93 bits per heavy atom. The Morgan fingerprint density at radius 1 is 1.27 bits per heavy atom. The molecule has 1 rings (SSSR count). The number of nitrogens with zero attached hydrogens (tertiary/aromatic N) is 3. The van der Waals surface area contributed by atoms with Crippen LogP contribution in [-0.4, -0.2) is 14.8 Å². The first-order valence-electron chi connectivity index (χ1n) is 5.83. The molecule has 1 atom stereocenters. The van der Waals surface area contributed by atoms with Crippen LogP contribution < -0.4 is 5.73 Å². The molecule has 0 aliphatic heterocycles. The van der Waals surface area contributed by atoms with E-state index in [0.717, 1.165) is 31.0 Å². The minimum Gasteiger partial charge on any atom is -0.324 e. The largest absolute Gasteiger partial charge is 0.324 e. The molecule has 0 saturated carbocycles. The molecule has 1 aromatic heterocycles. The standard InChI is InChI=1S/C11H22N4/c1-4-6-15-10(7-9(3)5-2)13-14-11(15)8-12/h9H,4-8,12H2,1-3H3. The summed E-state index contributed by atoms with van der Waals surface area (Å²) in [6, 6.07) is 0. The summed E-state index contributed by atoms with van der Waals surface area (Å²) in [6.07, 6.45) is 3.28. The smallest absolute Gasteiger partial charge is 0.146 e. The molecule has 2 N–H and O–H groups in total. The summed E-state index contributed by atoms with van der Waals surface area (Å²) in [7, 11) is 0. The third kappa shape index (κ3) is 3.02. The van der Waals surface area contributed by atoms with Gasteiger partial charge in [0.2, 0.25) is 0 Å². The van der Waals surface area contributed by atoms with Crippen molar-refractivity contribution in [3.8, 4) is 0 Å². The van der Waals surface area contributed by atoms with E-state index in [1.165, 1.54) is 6.42 Å². The van der Waals surface area contributed by atoms with Gasteiger partial charge in [-0.1, -0.05) is 27.2 Å². The molecular weight excluding hydrogens is 188 g/mol. The van der Waals surface area contributed by atoms with Crippen LogP contribution in [0.15, 0.2) is 0 Å². The first kappa shape index (κ1) is 12.2. The molecule has 15 heavy (non-hydrogen) atoms. The van der Waals surface area contributed by atoms with Crippen molar-refractivity contribution in [3.05, 3.63) is 11.6 Å². The molecule has 4 heteroatoms. The Balaban J connectivity index is 2.81. The Kier molecular flexibility index (Phi) is 4.75.